The van der Waals surface area contributed by atoms with Crippen molar-refractivity contribution < 1.29 is 9.53 Å². The molecular formula is C23H36O2Si. The number of rotatable bonds is 7. The lowest BCUT2D eigenvalue weighted by atomic mass is 9.96. The van der Waals surface area contributed by atoms with Gasteiger partial charge in [0.1, 0.15) is 8.07 Å². The monoisotopic (exact) mass is 372 g/mol. The summed E-state index contributed by atoms with van der Waals surface area (Å²) in [4.78, 5) is 12.7. The summed E-state index contributed by atoms with van der Waals surface area (Å²) in [5.41, 5.74) is 7.50. The van der Waals surface area contributed by atoms with E-state index in [1.165, 1.54) is 5.57 Å². The van der Waals surface area contributed by atoms with Crippen molar-refractivity contribution in [2.75, 3.05) is 6.61 Å². The van der Waals surface area contributed by atoms with E-state index >= 15 is 0 Å². The highest BCUT2D eigenvalue weighted by Crippen LogP contribution is 2.42. The molecule has 0 radical (unpaired) electrons. The topological polar surface area (TPSA) is 26.3 Å². The zero-order chi connectivity index (χ0) is 19.5. The summed E-state index contributed by atoms with van der Waals surface area (Å²) in [6.07, 6.45) is 5.66. The highest BCUT2D eigenvalue weighted by molar-refractivity contribution is 6.90. The molecule has 144 valence electrons. The maximum absolute atomic E-state index is 12.7. The van der Waals surface area contributed by atoms with Crippen molar-refractivity contribution in [1.82, 2.24) is 0 Å². The van der Waals surface area contributed by atoms with Crippen molar-refractivity contribution in [2.24, 2.45) is 5.92 Å². The molecule has 0 saturated carbocycles. The molecule has 2 atom stereocenters. The third-order valence-electron chi connectivity index (χ3n) is 6.43. The summed E-state index contributed by atoms with van der Waals surface area (Å²) in [6.45, 7) is 18.4. The number of carbonyl (C=O) groups excluding carboxylic acids is 1. The van der Waals surface area contributed by atoms with E-state index in [4.69, 9.17) is 4.74 Å². The van der Waals surface area contributed by atoms with Crippen LogP contribution in [-0.2, 0) is 9.53 Å². The van der Waals surface area contributed by atoms with Crippen LogP contribution in [0.5, 0.6) is 0 Å². The van der Waals surface area contributed by atoms with E-state index in [9.17, 15) is 4.79 Å². The van der Waals surface area contributed by atoms with Crippen LogP contribution in [0.3, 0.4) is 0 Å². The summed E-state index contributed by atoms with van der Waals surface area (Å²) in [5, 5.41) is 0. The Morgan fingerprint density at radius 2 is 1.81 bits per heavy atom. The Bertz CT molecular complexity index is 609. The molecule has 2 aliphatic rings. The number of unbranched alkanes of at least 4 members (excludes halogenated alkanes) is 1. The second-order valence-corrected chi connectivity index (χ2v) is 14.4. The summed E-state index contributed by atoms with van der Waals surface area (Å²) in [5.74, 6) is 3.97. The van der Waals surface area contributed by atoms with Gasteiger partial charge in [0.05, 0.1) is 18.3 Å². The van der Waals surface area contributed by atoms with Crippen LogP contribution in [0.1, 0.15) is 67.2 Å². The number of Topliss-reactive ketones (excluding diaryl/α,β-unsaturated/α-hetero) is 1. The maximum atomic E-state index is 12.7. The van der Waals surface area contributed by atoms with Crippen LogP contribution in [0.25, 0.3) is 0 Å². The lowest BCUT2D eigenvalue weighted by molar-refractivity contribution is -0.115. The van der Waals surface area contributed by atoms with Crippen LogP contribution in [-0.4, -0.2) is 26.6 Å². The molecule has 3 heteroatoms. The van der Waals surface area contributed by atoms with E-state index in [-0.39, 0.29) is 17.8 Å². The smallest absolute Gasteiger partial charge is 0.171 e. The molecule has 0 unspecified atom stereocenters. The van der Waals surface area contributed by atoms with Crippen molar-refractivity contribution in [3.63, 3.8) is 0 Å². The molecule has 0 aromatic carbocycles. The number of ketones is 1. The molecule has 0 N–H and O–H groups in total. The zero-order valence-corrected chi connectivity index (χ0v) is 18.5. The van der Waals surface area contributed by atoms with Gasteiger partial charge < -0.3 is 4.74 Å². The van der Waals surface area contributed by atoms with Crippen molar-refractivity contribution in [2.45, 2.75) is 90.0 Å². The van der Waals surface area contributed by atoms with Crippen molar-refractivity contribution >= 4 is 13.9 Å². The molecule has 0 bridgehead atoms. The van der Waals surface area contributed by atoms with Crippen molar-refractivity contribution in [1.29, 1.82) is 0 Å². The lowest BCUT2D eigenvalue weighted by Gasteiger charge is -2.38. The van der Waals surface area contributed by atoms with E-state index in [0.717, 1.165) is 24.8 Å². The van der Waals surface area contributed by atoms with Crippen LogP contribution < -0.4 is 0 Å². The molecule has 1 aliphatic carbocycles. The molecule has 1 saturated heterocycles. The van der Waals surface area contributed by atoms with E-state index in [2.05, 4.69) is 59.6 Å². The molecule has 0 aromatic heterocycles. The molecule has 1 heterocycles. The highest BCUT2D eigenvalue weighted by Gasteiger charge is 2.43. The highest BCUT2D eigenvalue weighted by atomic mass is 28.3. The fraction of sp³-hybridized carbons (Fsp3) is 0.696. The summed E-state index contributed by atoms with van der Waals surface area (Å²) < 4.78 is 6.02. The van der Waals surface area contributed by atoms with Gasteiger partial charge in [0.15, 0.2) is 5.78 Å². The maximum Gasteiger partial charge on any atom is 0.171 e. The predicted octanol–water partition coefficient (Wildman–Crippen LogP) is 5.85. The summed E-state index contributed by atoms with van der Waals surface area (Å²) in [6, 6.07) is 0. The molecule has 1 aliphatic heterocycles. The first-order valence-corrected chi connectivity index (χ1v) is 12.5. The molecule has 26 heavy (non-hydrogen) atoms. The van der Waals surface area contributed by atoms with Gasteiger partial charge in [-0.15, -0.1) is 12.1 Å². The standard InChI is InChI=1S/C23H36O2Si/c1-8-9-10-11-22-23-19(15-25-22)14-21(24)20(23)12-13-26(16(2)3,17(4)5)18(6)7/h8,16-19,22H,1,9-11,14-15H2,2-7H3/t19-,22+/m0/s1. The fourth-order valence-corrected chi connectivity index (χ4v) is 10.3. The van der Waals surface area contributed by atoms with Gasteiger partial charge in [-0.2, -0.15) is 0 Å². The molecule has 2 rings (SSSR count). The van der Waals surface area contributed by atoms with Gasteiger partial charge in [-0.3, -0.25) is 4.79 Å². The Kier molecular flexibility index (Phi) is 7.10. The lowest BCUT2D eigenvalue weighted by Crippen LogP contribution is -2.43. The third kappa shape index (κ3) is 3.92. The van der Waals surface area contributed by atoms with Crippen molar-refractivity contribution in [3.8, 4) is 11.5 Å². The van der Waals surface area contributed by atoms with E-state index in [0.29, 0.717) is 29.7 Å². The van der Waals surface area contributed by atoms with Gasteiger partial charge in [0.2, 0.25) is 0 Å². The number of ether oxygens (including phenoxy) is 1. The largest absolute Gasteiger partial charge is 0.373 e. The molecular weight excluding hydrogens is 336 g/mol. The first-order chi connectivity index (χ1) is 12.3. The van der Waals surface area contributed by atoms with Gasteiger partial charge >= 0.3 is 0 Å². The first kappa shape index (κ1) is 21.2. The number of fused-ring (bicyclic) bond motifs is 1. The number of carbonyl (C=O) groups is 1. The second-order valence-electron chi connectivity index (χ2n) is 8.84. The number of hydrogen-bond acceptors (Lipinski definition) is 2. The molecule has 1 fully saturated rings. The first-order valence-electron chi connectivity index (χ1n) is 10.3. The van der Waals surface area contributed by atoms with Gasteiger partial charge in [0.25, 0.3) is 0 Å². The molecule has 2 nitrogen and oxygen atoms in total. The minimum Gasteiger partial charge on any atom is -0.373 e. The SMILES string of the molecule is C=CCCC[C@H]1OC[C@@H]2CC(=O)C(C#C[Si](C(C)C)(C(C)C)C(C)C)=C21. The van der Waals surface area contributed by atoms with Crippen molar-refractivity contribution in [3.05, 3.63) is 23.8 Å². The molecule has 0 amide bonds. The predicted molar refractivity (Wildman–Crippen MR) is 113 cm³/mol. The summed E-state index contributed by atoms with van der Waals surface area (Å²) in [7, 11) is -1.82. The Labute approximate surface area is 161 Å². The molecule has 0 spiro atoms. The van der Waals surface area contributed by atoms with Gasteiger partial charge in [0, 0.05) is 12.3 Å². The van der Waals surface area contributed by atoms with Crippen LogP contribution in [0, 0.1) is 17.4 Å². The quantitative estimate of drug-likeness (QED) is 0.242. The third-order valence-corrected chi connectivity index (χ3v) is 12.7. The van der Waals surface area contributed by atoms with Gasteiger partial charge in [-0.25, -0.2) is 0 Å². The van der Waals surface area contributed by atoms with Crippen LogP contribution in [0.15, 0.2) is 23.8 Å². The second kappa shape index (κ2) is 8.72. The number of hydrogen-bond donors (Lipinski definition) is 0. The van der Waals surface area contributed by atoms with E-state index in [1.807, 2.05) is 6.08 Å². The zero-order valence-electron chi connectivity index (χ0n) is 17.5. The average molecular weight is 373 g/mol. The molecule has 0 aromatic rings. The Morgan fingerprint density at radius 3 is 2.35 bits per heavy atom. The average Bonchev–Trinajstić information content (AvgIpc) is 3.07. The minimum atomic E-state index is -1.82. The van der Waals surface area contributed by atoms with Gasteiger partial charge in [-0.05, 0) is 41.5 Å². The summed E-state index contributed by atoms with van der Waals surface area (Å²) >= 11 is 0. The van der Waals surface area contributed by atoms with Crippen LogP contribution >= 0.6 is 0 Å². The normalized spacial score (nSPS) is 23.0. The number of allylic oxidation sites excluding steroid dienone is 2. The Balaban J connectivity index is 2.40. The van der Waals surface area contributed by atoms with E-state index in [1.54, 1.807) is 0 Å². The Hall–Kier alpha value is -1.11. The van der Waals surface area contributed by atoms with Gasteiger partial charge in [-0.1, -0.05) is 53.5 Å². The fourth-order valence-electron chi connectivity index (χ4n) is 5.13. The Morgan fingerprint density at radius 1 is 1.19 bits per heavy atom. The van der Waals surface area contributed by atoms with Crippen LogP contribution in [0.4, 0.5) is 0 Å². The minimum absolute atomic E-state index is 0.0870. The van der Waals surface area contributed by atoms with E-state index < -0.39 is 8.07 Å². The van der Waals surface area contributed by atoms with Crippen LogP contribution in [0.2, 0.25) is 16.6 Å².